The number of fused-ring (bicyclic) bond motifs is 1. The number of nitrogens with zero attached hydrogens (tertiary/aromatic N) is 2. The van der Waals surface area contributed by atoms with Gasteiger partial charge in [0.25, 0.3) is 0 Å². The number of hydrogen-bond donors (Lipinski definition) is 0. The fourth-order valence-corrected chi connectivity index (χ4v) is 3.75. The SMILES string of the molecule is COC(=O)c1cc(N2CC3CCCN(C)C3C2)ccc1C. The van der Waals surface area contributed by atoms with Crippen molar-refractivity contribution in [2.75, 3.05) is 38.7 Å². The maximum atomic E-state index is 11.9. The van der Waals surface area contributed by atoms with Gasteiger partial charge in [-0.05, 0) is 57.0 Å². The quantitative estimate of drug-likeness (QED) is 0.782. The Kier molecular flexibility index (Phi) is 3.89. The summed E-state index contributed by atoms with van der Waals surface area (Å²) < 4.78 is 4.88. The van der Waals surface area contributed by atoms with Gasteiger partial charge in [0.1, 0.15) is 0 Å². The molecule has 0 radical (unpaired) electrons. The molecule has 0 bridgehead atoms. The van der Waals surface area contributed by atoms with Crippen molar-refractivity contribution in [3.05, 3.63) is 29.3 Å². The van der Waals surface area contributed by atoms with Gasteiger partial charge in [0.2, 0.25) is 0 Å². The van der Waals surface area contributed by atoms with Gasteiger partial charge in [-0.15, -0.1) is 0 Å². The Morgan fingerprint density at radius 1 is 1.33 bits per heavy atom. The van der Waals surface area contributed by atoms with E-state index >= 15 is 0 Å². The van der Waals surface area contributed by atoms with E-state index in [0.29, 0.717) is 11.6 Å². The van der Waals surface area contributed by atoms with Crippen LogP contribution in [0, 0.1) is 12.8 Å². The number of hydrogen-bond acceptors (Lipinski definition) is 4. The van der Waals surface area contributed by atoms with Crippen LogP contribution in [0.5, 0.6) is 0 Å². The van der Waals surface area contributed by atoms with Crippen LogP contribution in [0.2, 0.25) is 0 Å². The summed E-state index contributed by atoms with van der Waals surface area (Å²) in [5.41, 5.74) is 2.79. The number of aryl methyl sites for hydroxylation is 1. The average molecular weight is 288 g/mol. The largest absolute Gasteiger partial charge is 0.465 e. The van der Waals surface area contributed by atoms with Gasteiger partial charge < -0.3 is 14.5 Å². The van der Waals surface area contributed by atoms with Gasteiger partial charge in [0.05, 0.1) is 12.7 Å². The molecule has 1 aromatic carbocycles. The molecule has 0 aromatic heterocycles. The fourth-order valence-electron chi connectivity index (χ4n) is 3.75. The van der Waals surface area contributed by atoms with Gasteiger partial charge in [0, 0.05) is 24.8 Å². The first-order chi connectivity index (χ1) is 10.1. The summed E-state index contributed by atoms with van der Waals surface area (Å²) in [6, 6.07) is 6.78. The van der Waals surface area contributed by atoms with Crippen molar-refractivity contribution in [1.82, 2.24) is 4.90 Å². The van der Waals surface area contributed by atoms with Crippen molar-refractivity contribution in [2.24, 2.45) is 5.92 Å². The molecule has 1 aromatic rings. The maximum Gasteiger partial charge on any atom is 0.338 e. The second kappa shape index (κ2) is 5.68. The molecule has 3 rings (SSSR count). The van der Waals surface area contributed by atoms with Crippen LogP contribution in [0.25, 0.3) is 0 Å². The number of methoxy groups -OCH3 is 1. The highest BCUT2D eigenvalue weighted by Crippen LogP contribution is 2.33. The highest BCUT2D eigenvalue weighted by atomic mass is 16.5. The Bertz CT molecular complexity index is 544. The molecular formula is C17H24N2O2. The smallest absolute Gasteiger partial charge is 0.338 e. The van der Waals surface area contributed by atoms with Gasteiger partial charge in [-0.1, -0.05) is 6.07 Å². The second-order valence-corrected chi connectivity index (χ2v) is 6.35. The lowest BCUT2D eigenvalue weighted by molar-refractivity contribution is 0.0600. The second-order valence-electron chi connectivity index (χ2n) is 6.35. The summed E-state index contributed by atoms with van der Waals surface area (Å²) in [5.74, 6) is 0.509. The first-order valence-electron chi connectivity index (χ1n) is 7.74. The number of rotatable bonds is 2. The highest BCUT2D eigenvalue weighted by molar-refractivity contribution is 5.92. The summed E-state index contributed by atoms with van der Waals surface area (Å²) >= 11 is 0. The van der Waals surface area contributed by atoms with Crippen molar-refractivity contribution in [1.29, 1.82) is 0 Å². The standard InChI is InChI=1S/C17H24N2O2/c1-12-6-7-14(9-15(12)17(20)21-3)19-10-13-5-4-8-18(2)16(13)11-19/h6-7,9,13,16H,4-5,8,10-11H2,1-3H3. The summed E-state index contributed by atoms with van der Waals surface area (Å²) in [6.45, 7) is 5.31. The topological polar surface area (TPSA) is 32.8 Å². The minimum absolute atomic E-state index is 0.247. The number of carbonyl (C=O) groups excluding carboxylic acids is 1. The summed E-state index contributed by atoms with van der Waals surface area (Å²) in [4.78, 5) is 16.8. The average Bonchev–Trinajstić information content (AvgIpc) is 2.92. The molecule has 0 N–H and O–H groups in total. The number of benzene rings is 1. The Hall–Kier alpha value is -1.55. The third-order valence-electron chi connectivity index (χ3n) is 5.05. The predicted octanol–water partition coefficient (Wildman–Crippen LogP) is 2.31. The van der Waals surface area contributed by atoms with Crippen LogP contribution in [0.4, 0.5) is 5.69 Å². The molecule has 2 unspecified atom stereocenters. The molecule has 2 heterocycles. The van der Waals surface area contributed by atoms with E-state index in [1.165, 1.54) is 26.5 Å². The molecule has 2 saturated heterocycles. The van der Waals surface area contributed by atoms with E-state index in [9.17, 15) is 4.79 Å². The number of carbonyl (C=O) groups is 1. The molecule has 2 fully saturated rings. The van der Waals surface area contributed by atoms with Crippen LogP contribution in [0.15, 0.2) is 18.2 Å². The van der Waals surface area contributed by atoms with Crippen LogP contribution in [0.1, 0.15) is 28.8 Å². The molecule has 2 aliphatic heterocycles. The molecule has 114 valence electrons. The lowest BCUT2D eigenvalue weighted by Gasteiger charge is -2.33. The van der Waals surface area contributed by atoms with Crippen molar-refractivity contribution < 1.29 is 9.53 Å². The molecule has 2 aliphatic rings. The minimum Gasteiger partial charge on any atom is -0.465 e. The molecule has 0 spiro atoms. The zero-order chi connectivity index (χ0) is 15.0. The van der Waals surface area contributed by atoms with E-state index < -0.39 is 0 Å². The van der Waals surface area contributed by atoms with E-state index in [2.05, 4.69) is 22.9 Å². The number of likely N-dealkylation sites (tertiary alicyclic amines) is 1. The number of likely N-dealkylation sites (N-methyl/N-ethyl adjacent to an activating group) is 1. The first-order valence-corrected chi connectivity index (χ1v) is 7.74. The van der Waals surface area contributed by atoms with Gasteiger partial charge in [-0.3, -0.25) is 0 Å². The Morgan fingerprint density at radius 2 is 2.14 bits per heavy atom. The normalized spacial score (nSPS) is 25.8. The molecular weight excluding hydrogens is 264 g/mol. The van der Waals surface area contributed by atoms with Crippen LogP contribution >= 0.6 is 0 Å². The van der Waals surface area contributed by atoms with Crippen molar-refractivity contribution in [3.8, 4) is 0 Å². The number of esters is 1. The van der Waals surface area contributed by atoms with Gasteiger partial charge in [-0.2, -0.15) is 0 Å². The van der Waals surface area contributed by atoms with E-state index in [1.54, 1.807) is 0 Å². The lowest BCUT2D eigenvalue weighted by atomic mass is 9.93. The number of piperidine rings is 1. The fraction of sp³-hybridized carbons (Fsp3) is 0.588. The zero-order valence-electron chi connectivity index (χ0n) is 13.1. The first kappa shape index (κ1) is 14.4. The van der Waals surface area contributed by atoms with Crippen molar-refractivity contribution in [3.63, 3.8) is 0 Å². The van der Waals surface area contributed by atoms with E-state index in [1.807, 2.05) is 19.1 Å². The number of ether oxygens (including phenoxy) is 1. The highest BCUT2D eigenvalue weighted by Gasteiger charge is 2.37. The van der Waals surface area contributed by atoms with Crippen molar-refractivity contribution >= 4 is 11.7 Å². The van der Waals surface area contributed by atoms with Crippen LogP contribution < -0.4 is 4.90 Å². The molecule has 0 amide bonds. The molecule has 0 aliphatic carbocycles. The number of anilines is 1. The Morgan fingerprint density at radius 3 is 2.86 bits per heavy atom. The van der Waals surface area contributed by atoms with Gasteiger partial charge in [0.15, 0.2) is 0 Å². The van der Waals surface area contributed by atoms with Crippen LogP contribution in [0.3, 0.4) is 0 Å². The maximum absolute atomic E-state index is 11.9. The summed E-state index contributed by atoms with van der Waals surface area (Å²) in [5, 5.41) is 0. The molecule has 4 heteroatoms. The molecule has 2 atom stereocenters. The van der Waals surface area contributed by atoms with Crippen LogP contribution in [-0.4, -0.2) is 50.7 Å². The third-order valence-corrected chi connectivity index (χ3v) is 5.05. The lowest BCUT2D eigenvalue weighted by Crippen LogP contribution is -2.42. The molecule has 21 heavy (non-hydrogen) atoms. The van der Waals surface area contributed by atoms with E-state index in [-0.39, 0.29) is 5.97 Å². The summed E-state index contributed by atoms with van der Waals surface area (Å²) in [6.07, 6.45) is 2.62. The third kappa shape index (κ3) is 2.64. The zero-order valence-corrected chi connectivity index (χ0v) is 13.1. The van der Waals surface area contributed by atoms with Crippen molar-refractivity contribution in [2.45, 2.75) is 25.8 Å². The van der Waals surface area contributed by atoms with E-state index in [0.717, 1.165) is 30.3 Å². The van der Waals surface area contributed by atoms with Crippen LogP contribution in [-0.2, 0) is 4.74 Å². The van der Waals surface area contributed by atoms with Gasteiger partial charge >= 0.3 is 5.97 Å². The summed E-state index contributed by atoms with van der Waals surface area (Å²) in [7, 11) is 3.67. The molecule has 0 saturated carbocycles. The minimum atomic E-state index is -0.247. The Labute approximate surface area is 126 Å². The van der Waals surface area contributed by atoms with Gasteiger partial charge in [-0.25, -0.2) is 4.79 Å². The monoisotopic (exact) mass is 288 g/mol. The molecule has 4 nitrogen and oxygen atoms in total. The predicted molar refractivity (Wildman–Crippen MR) is 83.9 cm³/mol. The Balaban J connectivity index is 1.83. The van der Waals surface area contributed by atoms with E-state index in [4.69, 9.17) is 4.74 Å².